The van der Waals surface area contributed by atoms with Crippen LogP contribution in [0.25, 0.3) is 0 Å². The quantitative estimate of drug-likeness (QED) is 0.661. The van der Waals surface area contributed by atoms with Gasteiger partial charge in [0, 0.05) is 12.1 Å². The zero-order valence-corrected chi connectivity index (χ0v) is 10.2. The second kappa shape index (κ2) is 4.34. The van der Waals surface area contributed by atoms with Gasteiger partial charge in [0.25, 0.3) is 10.2 Å². The lowest BCUT2D eigenvalue weighted by atomic mass is 10.1. The SMILES string of the molecule is CC(C)(C)NS(=O)(=O)N1CCOCC1N. The molecule has 0 bridgehead atoms. The van der Waals surface area contributed by atoms with Crippen LogP contribution in [0.3, 0.4) is 0 Å². The Morgan fingerprint density at radius 1 is 1.47 bits per heavy atom. The van der Waals surface area contributed by atoms with Crippen molar-refractivity contribution in [3.8, 4) is 0 Å². The molecule has 3 N–H and O–H groups in total. The number of nitrogens with one attached hydrogen (secondary N) is 1. The number of nitrogens with zero attached hydrogens (tertiary/aromatic N) is 1. The van der Waals surface area contributed by atoms with Crippen molar-refractivity contribution in [2.75, 3.05) is 19.8 Å². The summed E-state index contributed by atoms with van der Waals surface area (Å²) in [5, 5.41) is 0. The third kappa shape index (κ3) is 3.69. The molecule has 0 saturated carbocycles. The van der Waals surface area contributed by atoms with Gasteiger partial charge in [0.1, 0.15) is 0 Å². The van der Waals surface area contributed by atoms with Crippen LogP contribution in [0.5, 0.6) is 0 Å². The van der Waals surface area contributed by atoms with Crippen molar-refractivity contribution in [3.63, 3.8) is 0 Å². The standard InChI is InChI=1S/C8H19N3O3S/c1-8(2,3)10-15(12,13)11-4-5-14-6-7(11)9/h7,10H,4-6,9H2,1-3H3. The number of hydrogen-bond donors (Lipinski definition) is 2. The minimum Gasteiger partial charge on any atom is -0.377 e. The maximum absolute atomic E-state index is 11.9. The van der Waals surface area contributed by atoms with Crippen molar-refractivity contribution in [2.45, 2.75) is 32.5 Å². The van der Waals surface area contributed by atoms with E-state index in [2.05, 4.69) is 4.72 Å². The molecule has 0 radical (unpaired) electrons. The zero-order chi connectivity index (χ0) is 11.7. The van der Waals surface area contributed by atoms with Crippen LogP contribution in [0, 0.1) is 0 Å². The van der Waals surface area contributed by atoms with Gasteiger partial charge in [0.2, 0.25) is 0 Å². The van der Waals surface area contributed by atoms with Crippen molar-refractivity contribution in [1.29, 1.82) is 0 Å². The highest BCUT2D eigenvalue weighted by Gasteiger charge is 2.32. The van der Waals surface area contributed by atoms with E-state index < -0.39 is 21.9 Å². The minimum absolute atomic E-state index is 0.241. The first kappa shape index (κ1) is 12.9. The summed E-state index contributed by atoms with van der Waals surface area (Å²) in [7, 11) is -3.51. The Balaban J connectivity index is 2.76. The molecule has 1 aliphatic rings. The molecule has 7 heteroatoms. The van der Waals surface area contributed by atoms with Crippen molar-refractivity contribution >= 4 is 10.2 Å². The molecule has 1 rings (SSSR count). The fourth-order valence-corrected chi connectivity index (χ4v) is 2.97. The molecular weight excluding hydrogens is 218 g/mol. The molecule has 1 atom stereocenters. The van der Waals surface area contributed by atoms with Crippen molar-refractivity contribution in [2.24, 2.45) is 5.73 Å². The molecule has 1 heterocycles. The van der Waals surface area contributed by atoms with E-state index in [1.807, 2.05) is 0 Å². The molecule has 0 amide bonds. The highest BCUT2D eigenvalue weighted by atomic mass is 32.2. The van der Waals surface area contributed by atoms with Crippen molar-refractivity contribution in [3.05, 3.63) is 0 Å². The van der Waals surface area contributed by atoms with E-state index in [1.165, 1.54) is 4.31 Å². The Labute approximate surface area is 90.9 Å². The Kier molecular flexibility index (Phi) is 3.72. The lowest BCUT2D eigenvalue weighted by Crippen LogP contribution is -2.59. The summed E-state index contributed by atoms with van der Waals surface area (Å²) in [4.78, 5) is 0. The highest BCUT2D eigenvalue weighted by Crippen LogP contribution is 2.11. The second-order valence-corrected chi connectivity index (χ2v) is 6.23. The van der Waals surface area contributed by atoms with Crippen LogP contribution >= 0.6 is 0 Å². The van der Waals surface area contributed by atoms with Crippen molar-refractivity contribution < 1.29 is 13.2 Å². The topological polar surface area (TPSA) is 84.7 Å². The number of hydrogen-bond acceptors (Lipinski definition) is 4. The van der Waals surface area contributed by atoms with Crippen LogP contribution in [0.1, 0.15) is 20.8 Å². The van der Waals surface area contributed by atoms with E-state index in [4.69, 9.17) is 10.5 Å². The first-order chi connectivity index (χ1) is 6.72. The van der Waals surface area contributed by atoms with Gasteiger partial charge in [0.05, 0.1) is 19.4 Å². The molecule has 1 saturated heterocycles. The Hall–Kier alpha value is -0.210. The predicted octanol–water partition coefficient (Wildman–Crippen LogP) is -0.764. The fourth-order valence-electron chi connectivity index (χ4n) is 1.35. The molecule has 0 aromatic rings. The Bertz CT molecular complexity index is 310. The van der Waals surface area contributed by atoms with Crippen LogP contribution in [0.2, 0.25) is 0 Å². The van der Waals surface area contributed by atoms with Gasteiger partial charge in [0.15, 0.2) is 0 Å². The molecule has 15 heavy (non-hydrogen) atoms. The smallest absolute Gasteiger partial charge is 0.281 e. The van der Waals surface area contributed by atoms with E-state index in [0.29, 0.717) is 13.2 Å². The second-order valence-electron chi connectivity index (χ2n) is 4.61. The van der Waals surface area contributed by atoms with Crippen LogP contribution in [0.4, 0.5) is 0 Å². The molecule has 0 spiro atoms. The van der Waals surface area contributed by atoms with Crippen LogP contribution < -0.4 is 10.5 Å². The van der Waals surface area contributed by atoms with Gasteiger partial charge in [-0.15, -0.1) is 0 Å². The summed E-state index contributed by atoms with van der Waals surface area (Å²) in [6.07, 6.45) is -0.599. The van der Waals surface area contributed by atoms with Gasteiger partial charge >= 0.3 is 0 Å². The van der Waals surface area contributed by atoms with Crippen LogP contribution in [-0.2, 0) is 14.9 Å². The minimum atomic E-state index is -3.51. The average molecular weight is 237 g/mol. The van der Waals surface area contributed by atoms with Gasteiger partial charge in [-0.25, -0.2) is 0 Å². The van der Waals surface area contributed by atoms with Crippen LogP contribution in [0.15, 0.2) is 0 Å². The Morgan fingerprint density at radius 2 is 2.07 bits per heavy atom. The van der Waals surface area contributed by atoms with Gasteiger partial charge in [-0.1, -0.05) is 0 Å². The number of ether oxygens (including phenoxy) is 1. The normalized spacial score (nSPS) is 25.5. The largest absolute Gasteiger partial charge is 0.377 e. The van der Waals surface area contributed by atoms with Crippen LogP contribution in [-0.4, -0.2) is 44.2 Å². The van der Waals surface area contributed by atoms with E-state index in [0.717, 1.165) is 0 Å². The molecular formula is C8H19N3O3S. The fraction of sp³-hybridized carbons (Fsp3) is 1.00. The maximum atomic E-state index is 11.9. The third-order valence-electron chi connectivity index (χ3n) is 1.86. The molecule has 1 fully saturated rings. The zero-order valence-electron chi connectivity index (χ0n) is 9.36. The molecule has 90 valence electrons. The number of nitrogens with two attached hydrogens (primary N) is 1. The summed E-state index contributed by atoms with van der Waals surface area (Å²) >= 11 is 0. The molecule has 0 aliphatic carbocycles. The first-order valence-electron chi connectivity index (χ1n) is 4.86. The summed E-state index contributed by atoms with van der Waals surface area (Å²) in [5.41, 5.74) is 5.16. The van der Waals surface area contributed by atoms with Gasteiger partial charge < -0.3 is 10.5 Å². The highest BCUT2D eigenvalue weighted by molar-refractivity contribution is 7.87. The summed E-state index contributed by atoms with van der Waals surface area (Å²) in [6.45, 7) is 6.29. The van der Waals surface area contributed by atoms with E-state index in [1.54, 1.807) is 20.8 Å². The first-order valence-corrected chi connectivity index (χ1v) is 6.30. The number of rotatable bonds is 2. The van der Waals surface area contributed by atoms with Gasteiger partial charge in [-0.2, -0.15) is 17.4 Å². The van der Waals surface area contributed by atoms with E-state index in [-0.39, 0.29) is 6.61 Å². The van der Waals surface area contributed by atoms with E-state index >= 15 is 0 Å². The molecule has 1 aliphatic heterocycles. The average Bonchev–Trinajstić information content (AvgIpc) is 1.99. The predicted molar refractivity (Wildman–Crippen MR) is 57.3 cm³/mol. The molecule has 0 aromatic carbocycles. The maximum Gasteiger partial charge on any atom is 0.281 e. The van der Waals surface area contributed by atoms with E-state index in [9.17, 15) is 8.42 Å². The molecule has 0 aromatic heterocycles. The lowest BCUT2D eigenvalue weighted by molar-refractivity contribution is 0.0340. The Morgan fingerprint density at radius 3 is 2.53 bits per heavy atom. The van der Waals surface area contributed by atoms with Gasteiger partial charge in [-0.3, -0.25) is 0 Å². The third-order valence-corrected chi connectivity index (χ3v) is 3.80. The summed E-state index contributed by atoms with van der Waals surface area (Å²) in [6, 6.07) is 0. The lowest BCUT2D eigenvalue weighted by Gasteiger charge is -2.34. The summed E-state index contributed by atoms with van der Waals surface area (Å²) in [5.74, 6) is 0. The molecule has 1 unspecified atom stereocenters. The number of morpholine rings is 1. The summed E-state index contributed by atoms with van der Waals surface area (Å²) < 4.78 is 32.7. The molecule has 6 nitrogen and oxygen atoms in total. The van der Waals surface area contributed by atoms with Gasteiger partial charge in [-0.05, 0) is 20.8 Å². The van der Waals surface area contributed by atoms with Crippen molar-refractivity contribution in [1.82, 2.24) is 9.03 Å². The monoisotopic (exact) mass is 237 g/mol.